The summed E-state index contributed by atoms with van der Waals surface area (Å²) in [7, 11) is 0. The number of carbonyl (C=O) groups excluding carboxylic acids is 3. The van der Waals surface area contributed by atoms with Crippen LogP contribution in [0.15, 0.2) is 78.9 Å². The molecule has 5 nitrogen and oxygen atoms in total. The van der Waals surface area contributed by atoms with E-state index in [2.05, 4.69) is 0 Å². The minimum atomic E-state index is -0.897. The second kappa shape index (κ2) is 7.26. The van der Waals surface area contributed by atoms with Crippen molar-refractivity contribution in [1.29, 1.82) is 0 Å². The summed E-state index contributed by atoms with van der Waals surface area (Å²) in [4.78, 5) is 42.9. The standard InChI is InChI=1S/C25H20N2O3/c28-23-19-11-5-6-12-20(19)24(29)27(23)22(16-17-8-2-1-3-9-17)25(30)26-15-14-18-10-4-7-13-21(18)26/h1-13,22H,14-16H2/t22-/m0/s1. The highest BCUT2D eigenvalue weighted by Gasteiger charge is 2.44. The molecule has 0 saturated heterocycles. The van der Waals surface area contributed by atoms with E-state index in [9.17, 15) is 14.4 Å². The average Bonchev–Trinajstić information content (AvgIpc) is 3.32. The predicted molar refractivity (Wildman–Crippen MR) is 113 cm³/mol. The Morgan fingerprint density at radius 1 is 0.800 bits per heavy atom. The second-order valence-corrected chi connectivity index (χ2v) is 7.60. The van der Waals surface area contributed by atoms with Gasteiger partial charge < -0.3 is 4.90 Å². The SMILES string of the molecule is O=C([C@H](Cc1ccccc1)N1C(=O)c2ccccc2C1=O)N1CCc2ccccc21. The lowest BCUT2D eigenvalue weighted by atomic mass is 10.0. The Hall–Kier alpha value is -3.73. The van der Waals surface area contributed by atoms with Crippen molar-refractivity contribution in [2.45, 2.75) is 18.9 Å². The van der Waals surface area contributed by atoms with E-state index in [0.29, 0.717) is 17.7 Å². The van der Waals surface area contributed by atoms with Gasteiger partial charge in [0.1, 0.15) is 6.04 Å². The summed E-state index contributed by atoms with van der Waals surface area (Å²) in [6.45, 7) is 0.548. The van der Waals surface area contributed by atoms with Crippen molar-refractivity contribution in [2.75, 3.05) is 11.4 Å². The highest BCUT2D eigenvalue weighted by Crippen LogP contribution is 2.31. The summed E-state index contributed by atoms with van der Waals surface area (Å²) in [5, 5.41) is 0. The predicted octanol–water partition coefficient (Wildman–Crippen LogP) is 3.48. The number of para-hydroxylation sites is 1. The molecule has 0 unspecified atom stereocenters. The van der Waals surface area contributed by atoms with Crippen LogP contribution in [0.1, 0.15) is 31.8 Å². The molecule has 1 atom stereocenters. The molecule has 0 N–H and O–H groups in total. The molecule has 3 aromatic carbocycles. The van der Waals surface area contributed by atoms with Gasteiger partial charge in [-0.1, -0.05) is 60.7 Å². The molecular weight excluding hydrogens is 376 g/mol. The molecule has 148 valence electrons. The van der Waals surface area contributed by atoms with Gasteiger partial charge in [0.05, 0.1) is 11.1 Å². The third-order valence-electron chi connectivity index (χ3n) is 5.85. The maximum absolute atomic E-state index is 13.7. The van der Waals surface area contributed by atoms with Crippen LogP contribution in [0.2, 0.25) is 0 Å². The number of amides is 3. The Morgan fingerprint density at radius 2 is 1.40 bits per heavy atom. The molecule has 3 aromatic rings. The van der Waals surface area contributed by atoms with E-state index in [-0.39, 0.29) is 12.3 Å². The third-order valence-corrected chi connectivity index (χ3v) is 5.85. The van der Waals surface area contributed by atoms with E-state index in [1.807, 2.05) is 54.6 Å². The molecule has 0 bridgehead atoms. The summed E-state index contributed by atoms with van der Waals surface area (Å²) in [5.41, 5.74) is 3.58. The van der Waals surface area contributed by atoms with Crippen LogP contribution in [0.5, 0.6) is 0 Å². The molecule has 2 aliphatic heterocycles. The van der Waals surface area contributed by atoms with Crippen LogP contribution in [0.4, 0.5) is 5.69 Å². The molecule has 2 heterocycles. The zero-order valence-corrected chi connectivity index (χ0v) is 16.3. The van der Waals surface area contributed by atoms with Crippen molar-refractivity contribution >= 4 is 23.4 Å². The van der Waals surface area contributed by atoms with E-state index < -0.39 is 17.9 Å². The second-order valence-electron chi connectivity index (χ2n) is 7.60. The molecule has 30 heavy (non-hydrogen) atoms. The Labute approximate surface area is 174 Å². The number of rotatable bonds is 4. The van der Waals surface area contributed by atoms with Crippen LogP contribution in [-0.2, 0) is 17.6 Å². The van der Waals surface area contributed by atoms with Gasteiger partial charge in [-0.25, -0.2) is 0 Å². The Balaban J connectivity index is 1.54. The van der Waals surface area contributed by atoms with Gasteiger partial charge in [0, 0.05) is 18.7 Å². The van der Waals surface area contributed by atoms with Gasteiger partial charge in [-0.05, 0) is 35.7 Å². The fourth-order valence-electron chi connectivity index (χ4n) is 4.36. The van der Waals surface area contributed by atoms with Gasteiger partial charge >= 0.3 is 0 Å². The zero-order valence-electron chi connectivity index (χ0n) is 16.3. The first kappa shape index (κ1) is 18.3. The van der Waals surface area contributed by atoms with Crippen molar-refractivity contribution in [3.63, 3.8) is 0 Å². The molecule has 0 spiro atoms. The van der Waals surface area contributed by atoms with Crippen molar-refractivity contribution in [3.8, 4) is 0 Å². The largest absolute Gasteiger partial charge is 0.310 e. The summed E-state index contributed by atoms with van der Waals surface area (Å²) in [6.07, 6.45) is 1.05. The normalized spacial score (nSPS) is 15.9. The quantitative estimate of drug-likeness (QED) is 0.635. The van der Waals surface area contributed by atoms with E-state index in [0.717, 1.165) is 28.1 Å². The van der Waals surface area contributed by atoms with Crippen LogP contribution in [0.3, 0.4) is 0 Å². The zero-order chi connectivity index (χ0) is 20.7. The molecule has 0 radical (unpaired) electrons. The lowest BCUT2D eigenvalue weighted by Crippen LogP contribution is -2.52. The van der Waals surface area contributed by atoms with Crippen LogP contribution >= 0.6 is 0 Å². The fraction of sp³-hybridized carbons (Fsp3) is 0.160. The van der Waals surface area contributed by atoms with Crippen molar-refractivity contribution in [2.24, 2.45) is 0 Å². The van der Waals surface area contributed by atoms with E-state index >= 15 is 0 Å². The van der Waals surface area contributed by atoms with Crippen molar-refractivity contribution < 1.29 is 14.4 Å². The number of fused-ring (bicyclic) bond motifs is 2. The van der Waals surface area contributed by atoms with Gasteiger partial charge in [0.2, 0.25) is 0 Å². The molecule has 0 saturated carbocycles. The van der Waals surface area contributed by atoms with E-state index in [1.165, 1.54) is 0 Å². The first-order valence-corrected chi connectivity index (χ1v) is 10.1. The average molecular weight is 396 g/mol. The molecule has 3 amide bonds. The number of benzene rings is 3. The molecule has 2 aliphatic rings. The summed E-state index contributed by atoms with van der Waals surface area (Å²) >= 11 is 0. The summed E-state index contributed by atoms with van der Waals surface area (Å²) in [5.74, 6) is -1.03. The van der Waals surface area contributed by atoms with Crippen molar-refractivity contribution in [1.82, 2.24) is 4.90 Å². The van der Waals surface area contributed by atoms with Gasteiger partial charge in [-0.15, -0.1) is 0 Å². The van der Waals surface area contributed by atoms with Crippen LogP contribution in [0, 0.1) is 0 Å². The monoisotopic (exact) mass is 396 g/mol. The van der Waals surface area contributed by atoms with Gasteiger partial charge in [0.15, 0.2) is 0 Å². The Morgan fingerprint density at radius 3 is 2.10 bits per heavy atom. The molecule has 0 aromatic heterocycles. The minimum Gasteiger partial charge on any atom is -0.310 e. The Kier molecular flexibility index (Phi) is 4.43. The van der Waals surface area contributed by atoms with Gasteiger partial charge in [0.25, 0.3) is 17.7 Å². The first-order chi connectivity index (χ1) is 14.6. The van der Waals surface area contributed by atoms with Crippen LogP contribution < -0.4 is 4.90 Å². The maximum atomic E-state index is 13.7. The van der Waals surface area contributed by atoms with Gasteiger partial charge in [-0.2, -0.15) is 0 Å². The lowest BCUT2D eigenvalue weighted by molar-refractivity contribution is -0.122. The van der Waals surface area contributed by atoms with Crippen LogP contribution in [-0.4, -0.2) is 35.2 Å². The number of imide groups is 1. The molecule has 5 heteroatoms. The number of hydrogen-bond donors (Lipinski definition) is 0. The third kappa shape index (κ3) is 2.90. The Bertz CT molecular complexity index is 1120. The minimum absolute atomic E-state index is 0.224. The number of hydrogen-bond acceptors (Lipinski definition) is 3. The topological polar surface area (TPSA) is 57.7 Å². The summed E-state index contributed by atoms with van der Waals surface area (Å²) < 4.78 is 0. The molecule has 5 rings (SSSR count). The van der Waals surface area contributed by atoms with Gasteiger partial charge in [-0.3, -0.25) is 19.3 Å². The highest BCUT2D eigenvalue weighted by molar-refractivity contribution is 6.23. The van der Waals surface area contributed by atoms with E-state index in [1.54, 1.807) is 29.2 Å². The maximum Gasteiger partial charge on any atom is 0.262 e. The van der Waals surface area contributed by atoms with E-state index in [4.69, 9.17) is 0 Å². The van der Waals surface area contributed by atoms with Crippen LogP contribution in [0.25, 0.3) is 0 Å². The number of carbonyl (C=O) groups is 3. The highest BCUT2D eigenvalue weighted by atomic mass is 16.2. The summed E-state index contributed by atoms with van der Waals surface area (Å²) in [6, 6.07) is 23.2. The first-order valence-electron chi connectivity index (χ1n) is 10.1. The molecular formula is C25H20N2O3. The number of anilines is 1. The number of nitrogens with zero attached hydrogens (tertiary/aromatic N) is 2. The smallest absolute Gasteiger partial charge is 0.262 e. The lowest BCUT2D eigenvalue weighted by Gasteiger charge is -2.29. The fourth-order valence-corrected chi connectivity index (χ4v) is 4.36. The molecule has 0 aliphatic carbocycles. The van der Waals surface area contributed by atoms with Crippen molar-refractivity contribution in [3.05, 3.63) is 101 Å². The molecule has 0 fully saturated rings.